The van der Waals surface area contributed by atoms with Crippen molar-refractivity contribution in [2.24, 2.45) is 0 Å². The van der Waals surface area contributed by atoms with E-state index in [0.717, 1.165) is 18.5 Å². The largest absolute Gasteiger partial charge is 0.337 e. The van der Waals surface area contributed by atoms with Crippen LogP contribution >= 0.6 is 15.9 Å². The Morgan fingerprint density at radius 2 is 1.91 bits per heavy atom. The summed E-state index contributed by atoms with van der Waals surface area (Å²) in [6.45, 7) is 2.74. The second-order valence-corrected chi connectivity index (χ2v) is 9.71. The molecule has 0 atom stereocenters. The SMILES string of the molecule is CCn1cc(Nc2ncc(Br)c(Nc3ccc4nccnc4c3N(C)S(C)(=O)=O)n2)cn1. The van der Waals surface area contributed by atoms with Crippen molar-refractivity contribution >= 4 is 65.8 Å². The number of anilines is 5. The summed E-state index contributed by atoms with van der Waals surface area (Å²) in [5, 5.41) is 10.5. The molecule has 0 unspecified atom stereocenters. The van der Waals surface area contributed by atoms with Gasteiger partial charge < -0.3 is 10.6 Å². The molecule has 3 heterocycles. The number of benzene rings is 1. The number of hydrogen-bond donors (Lipinski definition) is 2. The zero-order chi connectivity index (χ0) is 22.9. The minimum absolute atomic E-state index is 0.352. The van der Waals surface area contributed by atoms with E-state index in [1.165, 1.54) is 17.5 Å². The van der Waals surface area contributed by atoms with Gasteiger partial charge in [-0.1, -0.05) is 0 Å². The molecule has 0 bridgehead atoms. The molecule has 32 heavy (non-hydrogen) atoms. The molecule has 0 saturated carbocycles. The Hall–Kier alpha value is -3.32. The van der Waals surface area contributed by atoms with E-state index in [1.807, 2.05) is 13.1 Å². The lowest BCUT2D eigenvalue weighted by Crippen LogP contribution is -2.26. The zero-order valence-corrected chi connectivity index (χ0v) is 19.9. The minimum Gasteiger partial charge on any atom is -0.337 e. The van der Waals surface area contributed by atoms with Crippen LogP contribution in [0, 0.1) is 0 Å². The van der Waals surface area contributed by atoms with E-state index in [1.54, 1.807) is 35.4 Å². The monoisotopic (exact) mass is 517 g/mol. The molecular formula is C19H20BrN9O2S. The van der Waals surface area contributed by atoms with Gasteiger partial charge in [0.05, 0.1) is 33.8 Å². The fraction of sp³-hybridized carbons (Fsp3) is 0.211. The molecule has 13 heteroatoms. The van der Waals surface area contributed by atoms with E-state index in [2.05, 4.69) is 51.6 Å². The molecular weight excluding hydrogens is 498 g/mol. The predicted octanol–water partition coefficient (Wildman–Crippen LogP) is 3.28. The number of sulfonamides is 1. The fourth-order valence-electron chi connectivity index (χ4n) is 2.98. The highest BCUT2D eigenvalue weighted by Crippen LogP contribution is 2.36. The van der Waals surface area contributed by atoms with Crippen molar-refractivity contribution in [1.29, 1.82) is 0 Å². The standard InChI is InChI=1S/C19H20BrN9O2S/c1-4-29-11-12(9-24-29)25-19-23-10-13(20)18(27-19)26-15-6-5-14-16(22-8-7-21-14)17(15)28(2)32(3,30)31/h5-11H,4H2,1-3H3,(H2,23,25,26,27). The van der Waals surface area contributed by atoms with Crippen LogP contribution in [0.1, 0.15) is 6.92 Å². The highest BCUT2D eigenvalue weighted by molar-refractivity contribution is 9.10. The Morgan fingerprint density at radius 1 is 1.12 bits per heavy atom. The average molecular weight is 518 g/mol. The first-order valence-electron chi connectivity index (χ1n) is 9.53. The van der Waals surface area contributed by atoms with Crippen molar-refractivity contribution in [3.63, 3.8) is 0 Å². The summed E-state index contributed by atoms with van der Waals surface area (Å²) in [7, 11) is -2.09. The van der Waals surface area contributed by atoms with Gasteiger partial charge in [0.1, 0.15) is 17.0 Å². The van der Waals surface area contributed by atoms with Gasteiger partial charge in [-0.25, -0.2) is 13.4 Å². The number of fused-ring (bicyclic) bond motifs is 1. The van der Waals surface area contributed by atoms with Gasteiger partial charge in [0, 0.05) is 38.4 Å². The van der Waals surface area contributed by atoms with Gasteiger partial charge in [-0.05, 0) is 35.0 Å². The fourth-order valence-corrected chi connectivity index (χ4v) is 3.79. The van der Waals surface area contributed by atoms with Crippen LogP contribution in [-0.2, 0) is 16.6 Å². The molecule has 11 nitrogen and oxygen atoms in total. The number of rotatable bonds is 7. The number of aryl methyl sites for hydroxylation is 1. The van der Waals surface area contributed by atoms with Crippen molar-refractivity contribution < 1.29 is 8.42 Å². The second-order valence-electron chi connectivity index (χ2n) is 6.84. The molecule has 0 spiro atoms. The maximum atomic E-state index is 12.3. The molecule has 3 aromatic heterocycles. The Labute approximate surface area is 193 Å². The van der Waals surface area contributed by atoms with Gasteiger partial charge in [0.2, 0.25) is 16.0 Å². The molecule has 0 fully saturated rings. The Bertz CT molecular complexity index is 1390. The third-order valence-corrected chi connectivity index (χ3v) is 6.39. The first kappa shape index (κ1) is 21.9. The van der Waals surface area contributed by atoms with Gasteiger partial charge in [-0.15, -0.1) is 0 Å². The molecule has 0 amide bonds. The van der Waals surface area contributed by atoms with E-state index >= 15 is 0 Å². The van der Waals surface area contributed by atoms with E-state index in [4.69, 9.17) is 0 Å². The minimum atomic E-state index is -3.56. The summed E-state index contributed by atoms with van der Waals surface area (Å²) >= 11 is 3.45. The number of halogens is 1. The van der Waals surface area contributed by atoms with Crippen LogP contribution in [0.25, 0.3) is 11.0 Å². The maximum Gasteiger partial charge on any atom is 0.232 e. The van der Waals surface area contributed by atoms with Crippen molar-refractivity contribution in [3.8, 4) is 0 Å². The molecule has 4 aromatic rings. The first-order chi connectivity index (χ1) is 15.3. The van der Waals surface area contributed by atoms with Crippen molar-refractivity contribution in [1.82, 2.24) is 29.7 Å². The zero-order valence-electron chi connectivity index (χ0n) is 17.5. The summed E-state index contributed by atoms with van der Waals surface area (Å²) in [5.74, 6) is 0.793. The van der Waals surface area contributed by atoms with E-state index < -0.39 is 10.0 Å². The quantitative estimate of drug-likeness (QED) is 0.378. The molecule has 0 saturated heterocycles. The van der Waals surface area contributed by atoms with E-state index in [0.29, 0.717) is 38.6 Å². The van der Waals surface area contributed by atoms with Crippen molar-refractivity contribution in [2.75, 3.05) is 28.2 Å². The van der Waals surface area contributed by atoms with Crippen molar-refractivity contribution in [3.05, 3.63) is 47.6 Å². The topological polar surface area (TPSA) is 131 Å². The summed E-state index contributed by atoms with van der Waals surface area (Å²) in [5.41, 5.74) is 2.62. The average Bonchev–Trinajstić information content (AvgIpc) is 3.22. The van der Waals surface area contributed by atoms with Crippen LogP contribution < -0.4 is 14.9 Å². The van der Waals surface area contributed by atoms with Crippen LogP contribution in [0.5, 0.6) is 0 Å². The van der Waals surface area contributed by atoms with E-state index in [9.17, 15) is 8.42 Å². The van der Waals surface area contributed by atoms with Gasteiger partial charge in [0.15, 0.2) is 0 Å². The normalized spacial score (nSPS) is 11.5. The van der Waals surface area contributed by atoms with Crippen molar-refractivity contribution in [2.45, 2.75) is 13.5 Å². The summed E-state index contributed by atoms with van der Waals surface area (Å²) in [4.78, 5) is 17.4. The summed E-state index contributed by atoms with van der Waals surface area (Å²) in [6, 6.07) is 3.50. The first-order valence-corrected chi connectivity index (χ1v) is 12.2. The van der Waals surface area contributed by atoms with Crippen LogP contribution in [0.4, 0.5) is 28.8 Å². The molecule has 0 radical (unpaired) electrons. The lowest BCUT2D eigenvalue weighted by molar-refractivity contribution is 0.600. The highest BCUT2D eigenvalue weighted by atomic mass is 79.9. The van der Waals surface area contributed by atoms with Crippen LogP contribution in [-0.4, -0.2) is 51.4 Å². The lowest BCUT2D eigenvalue weighted by atomic mass is 10.2. The van der Waals surface area contributed by atoms with Crippen LogP contribution in [0.3, 0.4) is 0 Å². The number of nitrogens with zero attached hydrogens (tertiary/aromatic N) is 7. The molecule has 4 rings (SSSR count). The van der Waals surface area contributed by atoms with E-state index in [-0.39, 0.29) is 0 Å². The smallest absolute Gasteiger partial charge is 0.232 e. The van der Waals surface area contributed by atoms with Crippen LogP contribution in [0.15, 0.2) is 47.6 Å². The van der Waals surface area contributed by atoms with Crippen LogP contribution in [0.2, 0.25) is 0 Å². The Morgan fingerprint density at radius 3 is 2.62 bits per heavy atom. The molecule has 0 aliphatic rings. The maximum absolute atomic E-state index is 12.3. The molecule has 166 valence electrons. The van der Waals surface area contributed by atoms with Gasteiger partial charge >= 0.3 is 0 Å². The third-order valence-electron chi connectivity index (χ3n) is 4.64. The molecule has 0 aliphatic heterocycles. The Balaban J connectivity index is 1.74. The molecule has 1 aromatic carbocycles. The predicted molar refractivity (Wildman–Crippen MR) is 127 cm³/mol. The van der Waals surface area contributed by atoms with Gasteiger partial charge in [-0.2, -0.15) is 10.1 Å². The lowest BCUT2D eigenvalue weighted by Gasteiger charge is -2.22. The highest BCUT2D eigenvalue weighted by Gasteiger charge is 2.21. The summed E-state index contributed by atoms with van der Waals surface area (Å²) < 4.78 is 28.2. The Kier molecular flexibility index (Phi) is 5.93. The van der Waals surface area contributed by atoms with Gasteiger partial charge in [0.25, 0.3) is 0 Å². The molecule has 2 N–H and O–H groups in total. The molecule has 0 aliphatic carbocycles. The number of hydrogen-bond acceptors (Lipinski definition) is 9. The second kappa shape index (κ2) is 8.67. The number of aromatic nitrogens is 6. The third kappa shape index (κ3) is 4.48. The number of nitrogens with one attached hydrogen (secondary N) is 2. The van der Waals surface area contributed by atoms with Gasteiger partial charge in [-0.3, -0.25) is 19.0 Å². The summed E-state index contributed by atoms with van der Waals surface area (Å²) in [6.07, 6.45) is 9.33.